The molecule has 0 radical (unpaired) electrons. The van der Waals surface area contributed by atoms with E-state index in [2.05, 4.69) is 15.9 Å². The zero-order valence-corrected chi connectivity index (χ0v) is 9.09. The minimum Gasteiger partial charge on any atom is -0.398 e. The summed E-state index contributed by atoms with van der Waals surface area (Å²) in [5, 5.41) is 17.4. The van der Waals surface area contributed by atoms with E-state index < -0.39 is 4.92 Å². The summed E-state index contributed by atoms with van der Waals surface area (Å²) in [5.41, 5.74) is 5.71. The minimum atomic E-state index is -0.567. The summed E-state index contributed by atoms with van der Waals surface area (Å²) in [6.07, 6.45) is 0. The molecule has 0 fully saturated rings. The highest BCUT2D eigenvalue weighted by Gasteiger charge is 2.16. The largest absolute Gasteiger partial charge is 0.398 e. The van der Waals surface area contributed by atoms with Crippen molar-refractivity contribution >= 4 is 44.1 Å². The number of hydrogen-bond acceptors (Lipinski definition) is 4. The first kappa shape index (κ1) is 10.9. The molecule has 1 rings (SSSR count). The number of halogens is 2. The van der Waals surface area contributed by atoms with Crippen molar-refractivity contribution in [2.45, 2.75) is 0 Å². The van der Waals surface area contributed by atoms with Crippen molar-refractivity contribution in [2.24, 2.45) is 0 Å². The fourth-order valence-corrected chi connectivity index (χ4v) is 1.56. The predicted octanol–water partition coefficient (Wildman–Crippen LogP) is 2.50. The molecule has 14 heavy (non-hydrogen) atoms. The van der Waals surface area contributed by atoms with Gasteiger partial charge >= 0.3 is 0 Å². The average molecular weight is 278 g/mol. The number of rotatable bonds is 2. The van der Waals surface area contributed by atoms with Gasteiger partial charge in [0.25, 0.3) is 5.69 Å². The molecular formula is C7H5BrClN3O2. The molecule has 0 amide bonds. The van der Waals surface area contributed by atoms with Gasteiger partial charge in [-0.05, 0) is 22.0 Å². The van der Waals surface area contributed by atoms with E-state index in [4.69, 9.17) is 22.7 Å². The molecule has 3 N–H and O–H groups in total. The minimum absolute atomic E-state index is 0.111. The molecule has 1 aromatic rings. The lowest BCUT2D eigenvalue weighted by molar-refractivity contribution is -0.385. The van der Waals surface area contributed by atoms with Gasteiger partial charge in [0, 0.05) is 17.3 Å². The molecule has 0 bridgehead atoms. The molecule has 0 atom stereocenters. The SMILES string of the molecule is N=C(Cl)c1cc(Br)c([N+](=O)[O-])cc1N. The number of hydrogen-bond donors (Lipinski definition) is 2. The maximum absolute atomic E-state index is 10.5. The van der Waals surface area contributed by atoms with Crippen LogP contribution in [0, 0.1) is 15.5 Å². The summed E-state index contributed by atoms with van der Waals surface area (Å²) in [6.45, 7) is 0. The van der Waals surface area contributed by atoms with Crippen LogP contribution < -0.4 is 5.73 Å². The van der Waals surface area contributed by atoms with Crippen LogP contribution in [0.4, 0.5) is 11.4 Å². The summed E-state index contributed by atoms with van der Waals surface area (Å²) in [4.78, 5) is 9.92. The number of nitrogens with two attached hydrogens (primary N) is 1. The van der Waals surface area contributed by atoms with Crippen LogP contribution in [0.2, 0.25) is 0 Å². The van der Waals surface area contributed by atoms with Crippen molar-refractivity contribution in [3.8, 4) is 0 Å². The van der Waals surface area contributed by atoms with E-state index >= 15 is 0 Å². The van der Waals surface area contributed by atoms with E-state index in [9.17, 15) is 10.1 Å². The molecule has 0 heterocycles. The molecule has 0 spiro atoms. The van der Waals surface area contributed by atoms with E-state index in [0.29, 0.717) is 0 Å². The summed E-state index contributed by atoms with van der Waals surface area (Å²) >= 11 is 8.42. The Balaban J connectivity index is 3.38. The van der Waals surface area contributed by atoms with Crippen molar-refractivity contribution < 1.29 is 4.92 Å². The Hall–Kier alpha value is -1.14. The van der Waals surface area contributed by atoms with Crippen LogP contribution in [-0.2, 0) is 0 Å². The maximum atomic E-state index is 10.5. The summed E-state index contributed by atoms with van der Waals surface area (Å²) in [5.74, 6) is 0. The van der Waals surface area contributed by atoms with Crippen LogP contribution in [0.1, 0.15) is 5.56 Å². The number of nitro benzene ring substituents is 1. The normalized spacial score (nSPS) is 9.86. The fraction of sp³-hybridized carbons (Fsp3) is 0. The highest BCUT2D eigenvalue weighted by molar-refractivity contribution is 9.10. The first-order valence-corrected chi connectivity index (χ1v) is 4.58. The Labute approximate surface area is 92.6 Å². The van der Waals surface area contributed by atoms with Gasteiger partial charge in [0.2, 0.25) is 0 Å². The van der Waals surface area contributed by atoms with Crippen LogP contribution in [-0.4, -0.2) is 10.1 Å². The van der Waals surface area contributed by atoms with E-state index in [0.717, 1.165) is 6.07 Å². The Bertz CT molecular complexity index is 382. The molecule has 74 valence electrons. The van der Waals surface area contributed by atoms with Crippen molar-refractivity contribution in [3.63, 3.8) is 0 Å². The molecule has 0 aliphatic rings. The van der Waals surface area contributed by atoms with E-state index in [1.807, 2.05) is 0 Å². The van der Waals surface area contributed by atoms with Gasteiger partial charge in [-0.15, -0.1) is 0 Å². The molecule has 5 nitrogen and oxygen atoms in total. The predicted molar refractivity (Wildman–Crippen MR) is 57.9 cm³/mol. The van der Waals surface area contributed by atoms with Crippen molar-refractivity contribution in [3.05, 3.63) is 32.3 Å². The number of benzene rings is 1. The van der Waals surface area contributed by atoms with Crippen molar-refractivity contribution in [1.82, 2.24) is 0 Å². The quantitative estimate of drug-likeness (QED) is 0.377. The molecule has 0 saturated heterocycles. The van der Waals surface area contributed by atoms with Gasteiger partial charge in [0.1, 0.15) is 5.17 Å². The highest BCUT2D eigenvalue weighted by atomic mass is 79.9. The molecule has 0 saturated carbocycles. The van der Waals surface area contributed by atoms with Gasteiger partial charge in [-0.3, -0.25) is 15.5 Å². The smallest absolute Gasteiger partial charge is 0.285 e. The van der Waals surface area contributed by atoms with Crippen molar-refractivity contribution in [1.29, 1.82) is 5.41 Å². The van der Waals surface area contributed by atoms with Gasteiger partial charge in [0.15, 0.2) is 0 Å². The lowest BCUT2D eigenvalue weighted by Gasteiger charge is -2.03. The van der Waals surface area contributed by atoms with Crippen LogP contribution in [0.25, 0.3) is 0 Å². The topological polar surface area (TPSA) is 93.0 Å². The third kappa shape index (κ3) is 2.02. The number of nitro groups is 1. The third-order valence-corrected chi connectivity index (χ3v) is 2.39. The fourth-order valence-electron chi connectivity index (χ4n) is 0.908. The molecular weight excluding hydrogens is 273 g/mol. The van der Waals surface area contributed by atoms with E-state index in [-0.39, 0.29) is 26.6 Å². The van der Waals surface area contributed by atoms with Gasteiger partial charge in [0.05, 0.1) is 9.40 Å². The third-order valence-electron chi connectivity index (χ3n) is 1.55. The van der Waals surface area contributed by atoms with E-state index in [1.54, 1.807) is 0 Å². The number of nitrogen functional groups attached to an aromatic ring is 1. The maximum Gasteiger partial charge on any atom is 0.285 e. The Kier molecular flexibility index (Phi) is 3.07. The van der Waals surface area contributed by atoms with Crippen LogP contribution in [0.5, 0.6) is 0 Å². The second-order valence-corrected chi connectivity index (χ2v) is 3.69. The zero-order valence-electron chi connectivity index (χ0n) is 6.75. The first-order valence-electron chi connectivity index (χ1n) is 3.41. The monoisotopic (exact) mass is 277 g/mol. The van der Waals surface area contributed by atoms with Gasteiger partial charge < -0.3 is 5.73 Å². The molecule has 7 heteroatoms. The second kappa shape index (κ2) is 3.93. The van der Waals surface area contributed by atoms with Crippen LogP contribution in [0.3, 0.4) is 0 Å². The van der Waals surface area contributed by atoms with Gasteiger partial charge in [-0.2, -0.15) is 0 Å². The van der Waals surface area contributed by atoms with Gasteiger partial charge in [-0.1, -0.05) is 11.6 Å². The van der Waals surface area contributed by atoms with Crippen LogP contribution in [0.15, 0.2) is 16.6 Å². The zero-order chi connectivity index (χ0) is 10.9. The number of anilines is 1. The van der Waals surface area contributed by atoms with E-state index in [1.165, 1.54) is 6.07 Å². The Morgan fingerprint density at radius 3 is 2.64 bits per heavy atom. The van der Waals surface area contributed by atoms with Gasteiger partial charge in [-0.25, -0.2) is 0 Å². The summed E-state index contributed by atoms with van der Waals surface area (Å²) in [7, 11) is 0. The molecule has 1 aromatic carbocycles. The number of nitrogens with zero attached hydrogens (tertiary/aromatic N) is 1. The average Bonchev–Trinajstić information content (AvgIpc) is 2.07. The Morgan fingerprint density at radius 1 is 1.64 bits per heavy atom. The molecule has 0 aliphatic heterocycles. The lowest BCUT2D eigenvalue weighted by atomic mass is 10.2. The lowest BCUT2D eigenvalue weighted by Crippen LogP contribution is -2.00. The standard InChI is InChI=1S/C7H5BrClN3O2/c8-4-1-3(7(9)11)5(10)2-6(4)12(13)14/h1-2,11H,10H2. The summed E-state index contributed by atoms with van der Waals surface area (Å²) < 4.78 is 0.247. The number of nitrogens with one attached hydrogen (secondary N) is 1. The molecule has 0 aliphatic carbocycles. The molecule has 0 aromatic heterocycles. The Morgan fingerprint density at radius 2 is 2.21 bits per heavy atom. The second-order valence-electron chi connectivity index (χ2n) is 2.46. The van der Waals surface area contributed by atoms with Crippen LogP contribution >= 0.6 is 27.5 Å². The highest BCUT2D eigenvalue weighted by Crippen LogP contribution is 2.30. The molecule has 0 unspecified atom stereocenters. The first-order chi connectivity index (χ1) is 6.43. The van der Waals surface area contributed by atoms with Crippen molar-refractivity contribution in [2.75, 3.05) is 5.73 Å². The summed E-state index contributed by atoms with van der Waals surface area (Å²) in [6, 6.07) is 2.51.